The SMILES string of the molecule is COCCOCCC(CC(C)C)C(=O)O. The van der Waals surface area contributed by atoms with Gasteiger partial charge >= 0.3 is 5.97 Å². The molecule has 0 rings (SSSR count). The maximum atomic E-state index is 10.9. The predicted octanol–water partition coefficient (Wildman–Crippen LogP) is 1.79. The summed E-state index contributed by atoms with van der Waals surface area (Å²) >= 11 is 0. The summed E-state index contributed by atoms with van der Waals surface area (Å²) in [5.41, 5.74) is 0. The monoisotopic (exact) mass is 218 g/mol. The zero-order valence-corrected chi connectivity index (χ0v) is 9.86. The van der Waals surface area contributed by atoms with Gasteiger partial charge < -0.3 is 14.6 Å². The van der Waals surface area contributed by atoms with Gasteiger partial charge in [0.2, 0.25) is 0 Å². The van der Waals surface area contributed by atoms with Crippen LogP contribution in [-0.2, 0) is 14.3 Å². The van der Waals surface area contributed by atoms with Gasteiger partial charge in [0.25, 0.3) is 0 Å². The molecule has 0 amide bonds. The molecule has 0 spiro atoms. The second kappa shape index (κ2) is 8.68. The van der Waals surface area contributed by atoms with Gasteiger partial charge in [-0.15, -0.1) is 0 Å². The highest BCUT2D eigenvalue weighted by molar-refractivity contribution is 5.69. The molecule has 1 N–H and O–H groups in total. The van der Waals surface area contributed by atoms with Crippen LogP contribution in [0.25, 0.3) is 0 Å². The molecule has 0 aromatic carbocycles. The van der Waals surface area contributed by atoms with E-state index >= 15 is 0 Å². The molecule has 4 heteroatoms. The molecule has 1 unspecified atom stereocenters. The van der Waals surface area contributed by atoms with Crippen LogP contribution in [0.5, 0.6) is 0 Å². The first-order valence-corrected chi connectivity index (χ1v) is 5.37. The number of methoxy groups -OCH3 is 1. The second-order valence-electron chi connectivity index (χ2n) is 4.06. The molecule has 0 fully saturated rings. The molecular weight excluding hydrogens is 196 g/mol. The minimum atomic E-state index is -0.723. The van der Waals surface area contributed by atoms with E-state index in [0.717, 1.165) is 0 Å². The molecule has 0 aliphatic heterocycles. The van der Waals surface area contributed by atoms with Crippen molar-refractivity contribution in [1.29, 1.82) is 0 Å². The molecule has 0 bridgehead atoms. The van der Waals surface area contributed by atoms with Crippen LogP contribution in [-0.4, -0.2) is 38.0 Å². The van der Waals surface area contributed by atoms with Crippen molar-refractivity contribution in [3.8, 4) is 0 Å². The Labute approximate surface area is 91.6 Å². The van der Waals surface area contributed by atoms with Gasteiger partial charge in [0.15, 0.2) is 0 Å². The fourth-order valence-corrected chi connectivity index (χ4v) is 1.38. The maximum absolute atomic E-state index is 10.9. The van der Waals surface area contributed by atoms with Gasteiger partial charge in [-0.2, -0.15) is 0 Å². The van der Waals surface area contributed by atoms with Crippen LogP contribution >= 0.6 is 0 Å². The maximum Gasteiger partial charge on any atom is 0.306 e. The number of carboxylic acid groups (broad SMARTS) is 1. The van der Waals surface area contributed by atoms with E-state index in [4.69, 9.17) is 14.6 Å². The summed E-state index contributed by atoms with van der Waals surface area (Å²) in [5, 5.41) is 8.94. The minimum Gasteiger partial charge on any atom is -0.481 e. The normalized spacial score (nSPS) is 13.1. The Hall–Kier alpha value is -0.610. The van der Waals surface area contributed by atoms with Gasteiger partial charge in [0.05, 0.1) is 19.1 Å². The Balaban J connectivity index is 3.62. The molecule has 0 aromatic heterocycles. The largest absolute Gasteiger partial charge is 0.481 e. The lowest BCUT2D eigenvalue weighted by Crippen LogP contribution is -2.18. The number of carboxylic acids is 1. The van der Waals surface area contributed by atoms with Crippen molar-refractivity contribution in [2.75, 3.05) is 26.9 Å². The highest BCUT2D eigenvalue weighted by Gasteiger charge is 2.18. The van der Waals surface area contributed by atoms with Crippen LogP contribution in [0.4, 0.5) is 0 Å². The third-order valence-corrected chi connectivity index (χ3v) is 2.15. The zero-order chi connectivity index (χ0) is 11.7. The summed E-state index contributed by atoms with van der Waals surface area (Å²) in [4.78, 5) is 10.9. The first-order chi connectivity index (χ1) is 7.07. The number of hydrogen-bond acceptors (Lipinski definition) is 3. The number of ether oxygens (including phenoxy) is 2. The standard InChI is InChI=1S/C11H22O4/c1-9(2)8-10(11(12)13)4-5-15-7-6-14-3/h9-10H,4-8H2,1-3H3,(H,12,13). The molecule has 90 valence electrons. The topological polar surface area (TPSA) is 55.8 Å². The lowest BCUT2D eigenvalue weighted by molar-refractivity contribution is -0.143. The Morgan fingerprint density at radius 1 is 1.27 bits per heavy atom. The van der Waals surface area contributed by atoms with Crippen molar-refractivity contribution < 1.29 is 19.4 Å². The molecule has 0 aromatic rings. The molecule has 0 aliphatic carbocycles. The Bertz CT molecular complexity index is 168. The summed E-state index contributed by atoms with van der Waals surface area (Å²) in [6, 6.07) is 0. The average Bonchev–Trinajstić information content (AvgIpc) is 2.15. The highest BCUT2D eigenvalue weighted by Crippen LogP contribution is 2.15. The first kappa shape index (κ1) is 14.4. The van der Waals surface area contributed by atoms with Crippen molar-refractivity contribution in [1.82, 2.24) is 0 Å². The molecule has 0 aliphatic rings. The number of aliphatic carboxylic acids is 1. The number of rotatable bonds is 9. The van der Waals surface area contributed by atoms with Gasteiger partial charge in [-0.05, 0) is 18.8 Å². The molecule has 4 nitrogen and oxygen atoms in total. The van der Waals surface area contributed by atoms with Gasteiger partial charge in [0, 0.05) is 13.7 Å². The smallest absolute Gasteiger partial charge is 0.306 e. The van der Waals surface area contributed by atoms with Crippen LogP contribution in [0.3, 0.4) is 0 Å². The van der Waals surface area contributed by atoms with Gasteiger partial charge in [-0.3, -0.25) is 4.79 Å². The molecule has 0 heterocycles. The summed E-state index contributed by atoms with van der Waals surface area (Å²) in [7, 11) is 1.61. The van der Waals surface area contributed by atoms with Crippen molar-refractivity contribution in [2.45, 2.75) is 26.7 Å². The lowest BCUT2D eigenvalue weighted by atomic mass is 9.95. The third-order valence-electron chi connectivity index (χ3n) is 2.15. The predicted molar refractivity (Wildman–Crippen MR) is 57.9 cm³/mol. The Kier molecular flexibility index (Phi) is 8.33. The van der Waals surface area contributed by atoms with E-state index in [1.54, 1.807) is 7.11 Å². The van der Waals surface area contributed by atoms with Crippen molar-refractivity contribution in [2.24, 2.45) is 11.8 Å². The Morgan fingerprint density at radius 2 is 1.93 bits per heavy atom. The number of hydrogen-bond donors (Lipinski definition) is 1. The van der Waals surface area contributed by atoms with Gasteiger partial charge in [0.1, 0.15) is 0 Å². The molecule has 0 saturated carbocycles. The van der Waals surface area contributed by atoms with Crippen LogP contribution in [0.15, 0.2) is 0 Å². The molecular formula is C11H22O4. The quantitative estimate of drug-likeness (QED) is 0.599. The van der Waals surface area contributed by atoms with Crippen LogP contribution < -0.4 is 0 Å². The summed E-state index contributed by atoms with van der Waals surface area (Å²) < 4.78 is 10.1. The van der Waals surface area contributed by atoms with Crippen molar-refractivity contribution in [3.63, 3.8) is 0 Å². The van der Waals surface area contributed by atoms with Crippen molar-refractivity contribution in [3.05, 3.63) is 0 Å². The molecule has 0 saturated heterocycles. The lowest BCUT2D eigenvalue weighted by Gasteiger charge is -2.14. The van der Waals surface area contributed by atoms with Gasteiger partial charge in [-0.25, -0.2) is 0 Å². The second-order valence-corrected chi connectivity index (χ2v) is 4.06. The molecule has 1 atom stereocenters. The van der Waals surface area contributed by atoms with E-state index < -0.39 is 5.97 Å². The molecule has 15 heavy (non-hydrogen) atoms. The fraction of sp³-hybridized carbons (Fsp3) is 0.909. The third kappa shape index (κ3) is 8.39. The summed E-state index contributed by atoms with van der Waals surface area (Å²) in [6.45, 7) is 5.64. The number of carbonyl (C=O) groups is 1. The van der Waals surface area contributed by atoms with Crippen molar-refractivity contribution >= 4 is 5.97 Å². The van der Waals surface area contributed by atoms with E-state index in [2.05, 4.69) is 0 Å². The highest BCUT2D eigenvalue weighted by atomic mass is 16.5. The average molecular weight is 218 g/mol. The van der Waals surface area contributed by atoms with E-state index in [9.17, 15) is 4.79 Å². The first-order valence-electron chi connectivity index (χ1n) is 5.37. The van der Waals surface area contributed by atoms with E-state index in [0.29, 0.717) is 38.6 Å². The van der Waals surface area contributed by atoms with Crippen LogP contribution in [0.1, 0.15) is 26.7 Å². The van der Waals surface area contributed by atoms with Crippen LogP contribution in [0.2, 0.25) is 0 Å². The molecule has 0 radical (unpaired) electrons. The van der Waals surface area contributed by atoms with Crippen LogP contribution in [0, 0.1) is 11.8 Å². The van der Waals surface area contributed by atoms with Gasteiger partial charge in [-0.1, -0.05) is 13.8 Å². The summed E-state index contributed by atoms with van der Waals surface area (Å²) in [6.07, 6.45) is 1.29. The fourth-order valence-electron chi connectivity index (χ4n) is 1.38. The van der Waals surface area contributed by atoms with E-state index in [1.165, 1.54) is 0 Å². The zero-order valence-electron chi connectivity index (χ0n) is 9.86. The summed E-state index contributed by atoms with van der Waals surface area (Å²) in [5.74, 6) is -0.600. The van der Waals surface area contributed by atoms with E-state index in [-0.39, 0.29) is 5.92 Å². The van der Waals surface area contributed by atoms with E-state index in [1.807, 2.05) is 13.8 Å². The minimum absolute atomic E-state index is 0.285. The Morgan fingerprint density at radius 3 is 2.40 bits per heavy atom.